The first-order chi connectivity index (χ1) is 13.2. The van der Waals surface area contributed by atoms with Gasteiger partial charge in [-0.15, -0.1) is 5.10 Å². The molecule has 136 valence electrons. The third-order valence-corrected chi connectivity index (χ3v) is 4.17. The zero-order chi connectivity index (χ0) is 18.6. The van der Waals surface area contributed by atoms with E-state index in [4.69, 9.17) is 5.41 Å². The van der Waals surface area contributed by atoms with Gasteiger partial charge in [0.1, 0.15) is 17.2 Å². The van der Waals surface area contributed by atoms with E-state index in [1.807, 2.05) is 35.2 Å². The molecule has 0 unspecified atom stereocenters. The van der Waals surface area contributed by atoms with Gasteiger partial charge in [-0.1, -0.05) is 6.07 Å². The Morgan fingerprint density at radius 3 is 2.96 bits per heavy atom. The smallest absolute Gasteiger partial charge is 0.175 e. The fraction of sp³-hybridized carbons (Fsp3) is 0.158. The van der Waals surface area contributed by atoms with Gasteiger partial charge >= 0.3 is 0 Å². The summed E-state index contributed by atoms with van der Waals surface area (Å²) in [5.41, 5.74) is 2.14. The Morgan fingerprint density at radius 2 is 2.15 bits per heavy atom. The lowest BCUT2D eigenvalue weighted by Crippen LogP contribution is -2.08. The topological polar surface area (TPSA) is 104 Å². The van der Waals surface area contributed by atoms with Crippen LogP contribution in [0.1, 0.15) is 6.42 Å². The normalized spacial score (nSPS) is 15.5. The highest BCUT2D eigenvalue weighted by Crippen LogP contribution is 2.30. The first-order valence-corrected chi connectivity index (χ1v) is 8.64. The Kier molecular flexibility index (Phi) is 4.52. The van der Waals surface area contributed by atoms with E-state index in [1.54, 1.807) is 29.2 Å². The van der Waals surface area contributed by atoms with Gasteiger partial charge in [0.05, 0.1) is 17.6 Å². The maximum Gasteiger partial charge on any atom is 0.175 e. The number of fused-ring (bicyclic) bond motifs is 1. The Labute approximate surface area is 155 Å². The van der Waals surface area contributed by atoms with Crippen LogP contribution < -0.4 is 5.32 Å². The monoisotopic (exact) mass is 361 g/mol. The van der Waals surface area contributed by atoms with Gasteiger partial charge in [0.2, 0.25) is 0 Å². The maximum atomic E-state index is 10.1. The second-order valence-electron chi connectivity index (χ2n) is 6.12. The molecule has 0 saturated heterocycles. The number of aliphatic hydroxyl groups is 1. The average molecular weight is 361 g/mol. The van der Waals surface area contributed by atoms with Crippen molar-refractivity contribution in [1.29, 1.82) is 5.41 Å². The molecule has 0 amide bonds. The van der Waals surface area contributed by atoms with Crippen LogP contribution in [-0.4, -0.2) is 42.2 Å². The minimum absolute atomic E-state index is 0.0242. The zero-order valence-electron chi connectivity index (χ0n) is 14.6. The zero-order valence-corrected chi connectivity index (χ0v) is 14.6. The third kappa shape index (κ3) is 3.64. The van der Waals surface area contributed by atoms with Gasteiger partial charge in [0.25, 0.3) is 0 Å². The summed E-state index contributed by atoms with van der Waals surface area (Å²) in [6.07, 6.45) is 12.9. The molecule has 3 N–H and O–H groups in total. The molecular formula is C19H19N7O. The van der Waals surface area contributed by atoms with Crippen LogP contribution in [0.15, 0.2) is 72.1 Å². The molecule has 0 radical (unpaired) electrons. The van der Waals surface area contributed by atoms with Crippen LogP contribution in [0.4, 0.5) is 11.5 Å². The van der Waals surface area contributed by atoms with Crippen molar-refractivity contribution in [3.05, 3.63) is 67.1 Å². The number of aliphatic imine (C=N–C) groups is 1. The number of aromatic nitrogens is 4. The molecule has 3 aromatic rings. The molecule has 0 atom stereocenters. The molecule has 0 aliphatic heterocycles. The number of aryl methyl sites for hydroxylation is 1. The lowest BCUT2D eigenvalue weighted by molar-refractivity contribution is 0.444. The van der Waals surface area contributed by atoms with Gasteiger partial charge in [0, 0.05) is 37.8 Å². The van der Waals surface area contributed by atoms with E-state index < -0.39 is 0 Å². The van der Waals surface area contributed by atoms with Gasteiger partial charge < -0.3 is 20.4 Å². The number of hydrogen-bond donors (Lipinski definition) is 3. The van der Waals surface area contributed by atoms with Crippen LogP contribution in [-0.2, 0) is 6.54 Å². The summed E-state index contributed by atoms with van der Waals surface area (Å²) in [7, 11) is 0. The lowest BCUT2D eigenvalue weighted by Gasteiger charge is -2.07. The number of allylic oxidation sites excluding steroid dienone is 3. The minimum atomic E-state index is -0.0242. The quantitative estimate of drug-likeness (QED) is 0.463. The highest BCUT2D eigenvalue weighted by atomic mass is 16.3. The molecule has 3 heterocycles. The van der Waals surface area contributed by atoms with Crippen LogP contribution in [0.2, 0.25) is 0 Å². The number of rotatable bonds is 6. The summed E-state index contributed by atoms with van der Waals surface area (Å²) >= 11 is 0. The molecule has 0 fully saturated rings. The molecule has 1 aliphatic rings. The molecule has 1 aliphatic carbocycles. The van der Waals surface area contributed by atoms with E-state index in [2.05, 4.69) is 20.4 Å². The first-order valence-electron chi connectivity index (χ1n) is 8.64. The molecule has 3 aromatic heterocycles. The van der Waals surface area contributed by atoms with Crippen LogP contribution in [0.5, 0.6) is 0 Å². The van der Waals surface area contributed by atoms with Crippen molar-refractivity contribution in [2.45, 2.75) is 13.0 Å². The second-order valence-corrected chi connectivity index (χ2v) is 6.12. The molecule has 4 rings (SSSR count). The van der Waals surface area contributed by atoms with Crippen molar-refractivity contribution in [3.63, 3.8) is 0 Å². The standard InChI is InChI=1S/C19H19N7O/c20-14-5-6-15(17(27)12-14)23-18-16-4-1-2-10-26(16)24-19(18)22-7-3-9-25-11-8-21-13-25/h1-2,4-6,8,10-13,20,27H,3,7,9H2,(H,22,24)/b20-14?,23-15+. The van der Waals surface area contributed by atoms with E-state index in [1.165, 1.54) is 6.08 Å². The van der Waals surface area contributed by atoms with Crippen LogP contribution in [0.3, 0.4) is 0 Å². The second kappa shape index (κ2) is 7.28. The van der Waals surface area contributed by atoms with E-state index >= 15 is 0 Å². The summed E-state index contributed by atoms with van der Waals surface area (Å²) in [5, 5.41) is 25.6. The van der Waals surface area contributed by atoms with E-state index in [0.717, 1.165) is 25.0 Å². The number of imidazole rings is 1. The first kappa shape index (κ1) is 16.8. The van der Waals surface area contributed by atoms with Gasteiger partial charge in [-0.05, 0) is 30.7 Å². The Bertz CT molecular complexity index is 1060. The third-order valence-electron chi connectivity index (χ3n) is 4.17. The van der Waals surface area contributed by atoms with Crippen LogP contribution in [0, 0.1) is 5.41 Å². The van der Waals surface area contributed by atoms with E-state index in [-0.39, 0.29) is 11.5 Å². The lowest BCUT2D eigenvalue weighted by atomic mass is 10.1. The van der Waals surface area contributed by atoms with Crippen molar-refractivity contribution in [2.75, 3.05) is 11.9 Å². The van der Waals surface area contributed by atoms with Gasteiger partial charge in [-0.3, -0.25) is 0 Å². The van der Waals surface area contributed by atoms with Crippen LogP contribution >= 0.6 is 0 Å². The van der Waals surface area contributed by atoms with Crippen molar-refractivity contribution in [1.82, 2.24) is 19.2 Å². The van der Waals surface area contributed by atoms with Gasteiger partial charge in [0.15, 0.2) is 5.82 Å². The van der Waals surface area contributed by atoms with Gasteiger partial charge in [-0.2, -0.15) is 0 Å². The molecule has 0 bridgehead atoms. The van der Waals surface area contributed by atoms with E-state index in [0.29, 0.717) is 17.2 Å². The van der Waals surface area contributed by atoms with Crippen LogP contribution in [0.25, 0.3) is 5.52 Å². The fourth-order valence-electron chi connectivity index (χ4n) is 2.84. The minimum Gasteiger partial charge on any atom is -0.506 e. The van der Waals surface area contributed by atoms with E-state index in [9.17, 15) is 5.11 Å². The molecule has 0 saturated carbocycles. The number of pyridine rings is 1. The largest absolute Gasteiger partial charge is 0.506 e. The molecule has 0 aromatic carbocycles. The molecule has 8 nitrogen and oxygen atoms in total. The number of hydrogen-bond acceptors (Lipinski definition) is 6. The van der Waals surface area contributed by atoms with Crippen molar-refractivity contribution in [3.8, 4) is 0 Å². The number of nitrogens with zero attached hydrogens (tertiary/aromatic N) is 5. The Hall–Kier alpha value is -3.68. The molecule has 27 heavy (non-hydrogen) atoms. The highest BCUT2D eigenvalue weighted by molar-refractivity contribution is 6.20. The predicted octanol–water partition coefficient (Wildman–Crippen LogP) is 3.14. The number of anilines is 1. The van der Waals surface area contributed by atoms with Crippen molar-refractivity contribution >= 4 is 28.4 Å². The fourth-order valence-corrected chi connectivity index (χ4v) is 2.84. The highest BCUT2D eigenvalue weighted by Gasteiger charge is 2.15. The van der Waals surface area contributed by atoms with Crippen molar-refractivity contribution < 1.29 is 5.11 Å². The Balaban J connectivity index is 1.59. The SMILES string of the molecule is N=C1C=C/C(=N\c2c(NCCCn3ccnc3)nn3ccccc23)C(O)=C1. The maximum absolute atomic E-state index is 10.1. The van der Waals surface area contributed by atoms with Crippen molar-refractivity contribution in [2.24, 2.45) is 4.99 Å². The summed E-state index contributed by atoms with van der Waals surface area (Å²) in [6, 6.07) is 5.75. The number of aliphatic hydroxyl groups excluding tert-OH is 1. The van der Waals surface area contributed by atoms with Gasteiger partial charge in [-0.25, -0.2) is 14.5 Å². The summed E-state index contributed by atoms with van der Waals surface area (Å²) in [6.45, 7) is 1.58. The molecular weight excluding hydrogens is 342 g/mol. The predicted molar refractivity (Wildman–Crippen MR) is 105 cm³/mol. The summed E-state index contributed by atoms with van der Waals surface area (Å²) in [4.78, 5) is 8.64. The molecule has 0 spiro atoms. The summed E-state index contributed by atoms with van der Waals surface area (Å²) in [5.74, 6) is 0.630. The summed E-state index contributed by atoms with van der Waals surface area (Å²) < 4.78 is 3.78. The number of nitrogens with one attached hydrogen (secondary N) is 2. The average Bonchev–Trinajstić information content (AvgIpc) is 3.29. The Morgan fingerprint density at radius 1 is 1.22 bits per heavy atom. The molecule has 8 heteroatoms.